The van der Waals surface area contributed by atoms with Crippen LogP contribution in [0.15, 0.2) is 24.4 Å². The number of hydrogen-bond acceptors (Lipinski definition) is 2. The van der Waals surface area contributed by atoms with Crippen LogP contribution in [0.2, 0.25) is 10.0 Å². The predicted molar refractivity (Wildman–Crippen MR) is 74.2 cm³/mol. The number of nitrogens with zero attached hydrogens (tertiary/aromatic N) is 1. The Kier molecular flexibility index (Phi) is 3.68. The molecule has 1 aromatic carbocycles. The van der Waals surface area contributed by atoms with E-state index in [-0.39, 0.29) is 15.7 Å². The average Bonchev–Trinajstić information content (AvgIpc) is 2.62. The average molecular weight is 302 g/mol. The first-order chi connectivity index (χ1) is 8.88. The minimum atomic E-state index is -0.573. The number of aromatic nitrogens is 1. The smallest absolute Gasteiger partial charge is 0.272 e. The molecule has 0 aliphatic heterocycles. The van der Waals surface area contributed by atoms with Crippen molar-refractivity contribution in [2.75, 3.05) is 11.1 Å². The van der Waals surface area contributed by atoms with Gasteiger partial charge in [-0.25, -0.2) is 4.39 Å². The summed E-state index contributed by atoms with van der Waals surface area (Å²) in [6.45, 7) is 0. The van der Waals surface area contributed by atoms with Crippen LogP contribution in [-0.4, -0.2) is 10.5 Å². The quantitative estimate of drug-likeness (QED) is 0.894. The number of nitrogens with two attached hydrogens (primary N) is 1. The lowest BCUT2D eigenvalue weighted by Gasteiger charge is -2.09. The van der Waals surface area contributed by atoms with Gasteiger partial charge in [0.2, 0.25) is 0 Å². The van der Waals surface area contributed by atoms with E-state index in [4.69, 9.17) is 28.9 Å². The Hall–Kier alpha value is -1.72. The molecule has 2 rings (SSSR count). The number of aryl methyl sites for hydroxylation is 1. The molecule has 0 fully saturated rings. The van der Waals surface area contributed by atoms with E-state index in [2.05, 4.69) is 5.32 Å². The molecule has 0 spiro atoms. The van der Waals surface area contributed by atoms with Gasteiger partial charge in [0.15, 0.2) is 0 Å². The summed E-state index contributed by atoms with van der Waals surface area (Å²) in [7, 11) is 1.68. The Morgan fingerprint density at radius 3 is 2.37 bits per heavy atom. The lowest BCUT2D eigenvalue weighted by atomic mass is 10.3. The normalized spacial score (nSPS) is 10.5. The summed E-state index contributed by atoms with van der Waals surface area (Å²) < 4.78 is 14.6. The van der Waals surface area contributed by atoms with Crippen molar-refractivity contribution in [3.8, 4) is 0 Å². The fourth-order valence-corrected chi connectivity index (χ4v) is 2.21. The van der Waals surface area contributed by atoms with Gasteiger partial charge in [0.1, 0.15) is 11.5 Å². The first-order valence-corrected chi connectivity index (χ1v) is 6.02. The fraction of sp³-hybridized carbons (Fsp3) is 0.0833. The lowest BCUT2D eigenvalue weighted by Crippen LogP contribution is -2.16. The Morgan fingerprint density at radius 2 is 1.89 bits per heavy atom. The maximum atomic E-state index is 13.0. The maximum absolute atomic E-state index is 13.0. The van der Waals surface area contributed by atoms with Gasteiger partial charge in [0.25, 0.3) is 5.91 Å². The van der Waals surface area contributed by atoms with Gasteiger partial charge < -0.3 is 15.6 Å². The number of anilines is 2. The molecule has 0 radical (unpaired) electrons. The SMILES string of the molecule is Cn1cc(N)cc1C(=O)Nc1c(Cl)cc(F)cc1Cl. The Labute approximate surface area is 118 Å². The van der Waals surface area contributed by atoms with Crippen molar-refractivity contribution in [3.05, 3.63) is 46.0 Å². The molecule has 0 saturated carbocycles. The zero-order valence-corrected chi connectivity index (χ0v) is 11.4. The highest BCUT2D eigenvalue weighted by Crippen LogP contribution is 2.31. The molecular formula is C12H10Cl2FN3O. The van der Waals surface area contributed by atoms with Gasteiger partial charge in [0, 0.05) is 13.2 Å². The monoisotopic (exact) mass is 301 g/mol. The third-order valence-electron chi connectivity index (χ3n) is 2.50. The molecule has 1 heterocycles. The number of halogens is 3. The van der Waals surface area contributed by atoms with Crippen LogP contribution in [0.1, 0.15) is 10.5 Å². The van der Waals surface area contributed by atoms with Crippen LogP contribution in [0.4, 0.5) is 15.8 Å². The van der Waals surface area contributed by atoms with Crippen molar-refractivity contribution < 1.29 is 9.18 Å². The van der Waals surface area contributed by atoms with Gasteiger partial charge in [-0.15, -0.1) is 0 Å². The standard InChI is InChI=1S/C12H10Cl2FN3O/c1-18-5-7(16)4-10(18)12(19)17-11-8(13)2-6(15)3-9(11)14/h2-5H,16H2,1H3,(H,17,19). The van der Waals surface area contributed by atoms with Crippen molar-refractivity contribution >= 4 is 40.5 Å². The number of benzene rings is 1. The molecule has 0 bridgehead atoms. The molecule has 2 aromatic rings. The van der Waals surface area contributed by atoms with Gasteiger partial charge in [-0.1, -0.05) is 23.2 Å². The largest absolute Gasteiger partial charge is 0.397 e. The van der Waals surface area contributed by atoms with Crippen LogP contribution < -0.4 is 11.1 Å². The van der Waals surface area contributed by atoms with E-state index in [0.717, 1.165) is 12.1 Å². The van der Waals surface area contributed by atoms with Crippen LogP contribution in [0.25, 0.3) is 0 Å². The molecule has 3 N–H and O–H groups in total. The lowest BCUT2D eigenvalue weighted by molar-refractivity contribution is 0.101. The minimum absolute atomic E-state index is 0.0283. The van der Waals surface area contributed by atoms with Gasteiger partial charge in [-0.3, -0.25) is 4.79 Å². The fourth-order valence-electron chi connectivity index (χ4n) is 1.66. The van der Waals surface area contributed by atoms with Crippen LogP contribution in [0.5, 0.6) is 0 Å². The summed E-state index contributed by atoms with van der Waals surface area (Å²) in [5.74, 6) is -1.01. The number of hydrogen-bond donors (Lipinski definition) is 2. The minimum Gasteiger partial charge on any atom is -0.397 e. The molecule has 0 aliphatic rings. The molecular weight excluding hydrogens is 292 g/mol. The molecule has 19 heavy (non-hydrogen) atoms. The zero-order chi connectivity index (χ0) is 14.2. The first-order valence-electron chi connectivity index (χ1n) is 5.26. The maximum Gasteiger partial charge on any atom is 0.272 e. The molecule has 0 atom stereocenters. The predicted octanol–water partition coefficient (Wildman–Crippen LogP) is 3.31. The number of nitrogen functional groups attached to an aromatic ring is 1. The summed E-state index contributed by atoms with van der Waals surface area (Å²) >= 11 is 11.7. The number of rotatable bonds is 2. The van der Waals surface area contributed by atoms with Crippen molar-refractivity contribution in [1.29, 1.82) is 0 Å². The summed E-state index contributed by atoms with van der Waals surface area (Å²) in [5.41, 5.74) is 6.55. The second-order valence-electron chi connectivity index (χ2n) is 3.97. The second-order valence-corrected chi connectivity index (χ2v) is 4.78. The third-order valence-corrected chi connectivity index (χ3v) is 3.10. The van der Waals surface area contributed by atoms with E-state index in [9.17, 15) is 9.18 Å². The summed E-state index contributed by atoms with van der Waals surface area (Å²) in [5, 5.41) is 2.59. The van der Waals surface area contributed by atoms with E-state index >= 15 is 0 Å². The van der Waals surface area contributed by atoms with Crippen molar-refractivity contribution in [2.24, 2.45) is 7.05 Å². The van der Waals surface area contributed by atoms with Gasteiger partial charge in [0.05, 0.1) is 21.4 Å². The number of amides is 1. The molecule has 0 unspecified atom stereocenters. The van der Waals surface area contributed by atoms with Crippen LogP contribution in [-0.2, 0) is 7.05 Å². The molecule has 1 aromatic heterocycles. The molecule has 100 valence electrons. The number of carbonyl (C=O) groups excluding carboxylic acids is 1. The third kappa shape index (κ3) is 2.83. The van der Waals surface area contributed by atoms with Crippen LogP contribution in [0, 0.1) is 5.82 Å². The molecule has 0 aliphatic carbocycles. The Morgan fingerprint density at radius 1 is 1.32 bits per heavy atom. The summed E-state index contributed by atoms with van der Waals surface area (Å²) in [6.07, 6.45) is 1.60. The van der Waals surface area contributed by atoms with Gasteiger partial charge in [-0.05, 0) is 18.2 Å². The Bertz CT molecular complexity index is 631. The zero-order valence-electron chi connectivity index (χ0n) is 9.88. The molecule has 1 amide bonds. The molecule has 0 saturated heterocycles. The van der Waals surface area contributed by atoms with Crippen LogP contribution in [0.3, 0.4) is 0 Å². The van der Waals surface area contributed by atoms with E-state index in [1.807, 2.05) is 0 Å². The first kappa shape index (κ1) is 13.7. The van der Waals surface area contributed by atoms with E-state index < -0.39 is 11.7 Å². The Balaban J connectivity index is 2.32. The van der Waals surface area contributed by atoms with Crippen molar-refractivity contribution in [1.82, 2.24) is 4.57 Å². The summed E-state index contributed by atoms with van der Waals surface area (Å²) in [4.78, 5) is 12.0. The van der Waals surface area contributed by atoms with Crippen molar-refractivity contribution in [2.45, 2.75) is 0 Å². The van der Waals surface area contributed by atoms with Crippen molar-refractivity contribution in [3.63, 3.8) is 0 Å². The number of nitrogens with one attached hydrogen (secondary N) is 1. The second kappa shape index (κ2) is 5.11. The number of carbonyl (C=O) groups is 1. The van der Waals surface area contributed by atoms with E-state index in [0.29, 0.717) is 11.4 Å². The highest BCUT2D eigenvalue weighted by atomic mass is 35.5. The molecule has 4 nitrogen and oxygen atoms in total. The van der Waals surface area contributed by atoms with Crippen LogP contribution >= 0.6 is 23.2 Å². The summed E-state index contributed by atoms with van der Waals surface area (Å²) in [6, 6.07) is 3.66. The van der Waals surface area contributed by atoms with E-state index in [1.165, 1.54) is 6.07 Å². The van der Waals surface area contributed by atoms with E-state index in [1.54, 1.807) is 17.8 Å². The molecule has 7 heteroatoms. The highest BCUT2D eigenvalue weighted by molar-refractivity contribution is 6.40. The van der Waals surface area contributed by atoms with Gasteiger partial charge >= 0.3 is 0 Å². The highest BCUT2D eigenvalue weighted by Gasteiger charge is 2.15. The van der Waals surface area contributed by atoms with Gasteiger partial charge in [-0.2, -0.15) is 0 Å². The topological polar surface area (TPSA) is 60.0 Å².